The van der Waals surface area contributed by atoms with Crippen LogP contribution in [0, 0.1) is 6.92 Å². The predicted molar refractivity (Wildman–Crippen MR) is 77.2 cm³/mol. The van der Waals surface area contributed by atoms with Crippen molar-refractivity contribution in [2.75, 3.05) is 7.11 Å². The van der Waals surface area contributed by atoms with Gasteiger partial charge in [-0.1, -0.05) is 24.3 Å². The minimum Gasteiger partial charge on any atom is -0.496 e. The van der Waals surface area contributed by atoms with Crippen LogP contribution in [0.4, 0.5) is 0 Å². The average molecular weight is 256 g/mol. The van der Waals surface area contributed by atoms with Crippen LogP contribution in [0.1, 0.15) is 29.8 Å². The second-order valence-electron chi connectivity index (χ2n) is 4.65. The van der Waals surface area contributed by atoms with E-state index in [1.807, 2.05) is 37.4 Å². The van der Waals surface area contributed by atoms with Gasteiger partial charge < -0.3 is 10.1 Å². The van der Waals surface area contributed by atoms with E-state index in [2.05, 4.69) is 29.4 Å². The highest BCUT2D eigenvalue weighted by atomic mass is 16.5. The van der Waals surface area contributed by atoms with E-state index in [1.165, 1.54) is 11.1 Å². The Hall–Kier alpha value is -1.87. The standard InChI is InChI=1S/C16H20N2O/c1-12-8-9-14(10-17-12)11-18-13(2)15-6-4-5-7-16(15)19-3/h4-10,13,18H,11H2,1-3H3/t13-/m0/s1. The zero-order valence-corrected chi connectivity index (χ0v) is 11.7. The molecule has 0 aliphatic rings. The molecule has 0 amide bonds. The lowest BCUT2D eigenvalue weighted by Crippen LogP contribution is -2.18. The summed E-state index contributed by atoms with van der Waals surface area (Å²) in [6.45, 7) is 4.93. The predicted octanol–water partition coefficient (Wildman–Crippen LogP) is 3.25. The van der Waals surface area contributed by atoms with Crippen molar-refractivity contribution in [1.82, 2.24) is 10.3 Å². The highest BCUT2D eigenvalue weighted by Gasteiger charge is 2.09. The van der Waals surface area contributed by atoms with Crippen molar-refractivity contribution >= 4 is 0 Å². The fourth-order valence-electron chi connectivity index (χ4n) is 2.01. The van der Waals surface area contributed by atoms with Crippen LogP contribution in [0.15, 0.2) is 42.6 Å². The molecule has 0 saturated heterocycles. The normalized spacial score (nSPS) is 12.2. The topological polar surface area (TPSA) is 34.1 Å². The molecule has 0 fully saturated rings. The zero-order chi connectivity index (χ0) is 13.7. The molecule has 1 heterocycles. The summed E-state index contributed by atoms with van der Waals surface area (Å²) < 4.78 is 5.38. The van der Waals surface area contributed by atoms with Crippen LogP contribution in [0.5, 0.6) is 5.75 Å². The largest absolute Gasteiger partial charge is 0.496 e. The van der Waals surface area contributed by atoms with Crippen molar-refractivity contribution in [2.24, 2.45) is 0 Å². The minimum absolute atomic E-state index is 0.234. The first-order chi connectivity index (χ1) is 9.20. The number of pyridine rings is 1. The van der Waals surface area contributed by atoms with Gasteiger partial charge in [0, 0.05) is 30.0 Å². The van der Waals surface area contributed by atoms with Gasteiger partial charge in [-0.3, -0.25) is 4.98 Å². The number of hydrogen-bond acceptors (Lipinski definition) is 3. The number of methoxy groups -OCH3 is 1. The maximum atomic E-state index is 5.38. The number of para-hydroxylation sites is 1. The van der Waals surface area contributed by atoms with Crippen LogP contribution >= 0.6 is 0 Å². The summed E-state index contributed by atoms with van der Waals surface area (Å²) in [5.74, 6) is 0.921. The zero-order valence-electron chi connectivity index (χ0n) is 11.7. The summed E-state index contributed by atoms with van der Waals surface area (Å²) in [5, 5.41) is 3.49. The molecule has 1 aromatic heterocycles. The van der Waals surface area contributed by atoms with Crippen molar-refractivity contribution in [1.29, 1.82) is 0 Å². The summed E-state index contributed by atoms with van der Waals surface area (Å²) >= 11 is 0. The molecule has 0 saturated carbocycles. The summed E-state index contributed by atoms with van der Waals surface area (Å²) in [6.07, 6.45) is 1.91. The number of ether oxygens (including phenoxy) is 1. The molecule has 0 aliphatic carbocycles. The quantitative estimate of drug-likeness (QED) is 0.891. The van der Waals surface area contributed by atoms with Crippen LogP contribution in [0.3, 0.4) is 0 Å². The molecule has 100 valence electrons. The van der Waals surface area contributed by atoms with E-state index in [0.29, 0.717) is 0 Å². The van der Waals surface area contributed by atoms with Gasteiger partial charge in [0.05, 0.1) is 7.11 Å². The molecular weight excluding hydrogens is 236 g/mol. The summed E-state index contributed by atoms with van der Waals surface area (Å²) in [7, 11) is 1.70. The smallest absolute Gasteiger partial charge is 0.123 e. The molecule has 19 heavy (non-hydrogen) atoms. The molecule has 1 aromatic carbocycles. The van der Waals surface area contributed by atoms with Crippen molar-refractivity contribution in [3.63, 3.8) is 0 Å². The Kier molecular flexibility index (Phi) is 4.53. The SMILES string of the molecule is COc1ccccc1[C@H](C)NCc1ccc(C)nc1. The Morgan fingerprint density at radius 2 is 2.00 bits per heavy atom. The maximum Gasteiger partial charge on any atom is 0.123 e. The van der Waals surface area contributed by atoms with Crippen LogP contribution in [-0.4, -0.2) is 12.1 Å². The lowest BCUT2D eigenvalue weighted by molar-refractivity contribution is 0.401. The molecule has 2 aromatic rings. The Morgan fingerprint density at radius 1 is 1.21 bits per heavy atom. The van der Waals surface area contributed by atoms with E-state index in [-0.39, 0.29) is 6.04 Å². The molecule has 3 nitrogen and oxygen atoms in total. The fourth-order valence-corrected chi connectivity index (χ4v) is 2.01. The number of nitrogens with one attached hydrogen (secondary N) is 1. The van der Waals surface area contributed by atoms with Gasteiger partial charge in [0.2, 0.25) is 0 Å². The molecule has 1 N–H and O–H groups in total. The molecule has 3 heteroatoms. The lowest BCUT2D eigenvalue weighted by Gasteiger charge is -2.17. The van der Waals surface area contributed by atoms with Gasteiger partial charge >= 0.3 is 0 Å². The molecule has 0 unspecified atom stereocenters. The van der Waals surface area contributed by atoms with Crippen LogP contribution in [0.25, 0.3) is 0 Å². The monoisotopic (exact) mass is 256 g/mol. The Bertz CT molecular complexity index is 523. The number of aromatic nitrogens is 1. The van der Waals surface area contributed by atoms with Gasteiger partial charge in [-0.25, -0.2) is 0 Å². The number of hydrogen-bond donors (Lipinski definition) is 1. The van der Waals surface area contributed by atoms with E-state index in [9.17, 15) is 0 Å². The van der Waals surface area contributed by atoms with E-state index in [4.69, 9.17) is 4.74 Å². The van der Waals surface area contributed by atoms with Gasteiger partial charge in [0.15, 0.2) is 0 Å². The van der Waals surface area contributed by atoms with Crippen LogP contribution < -0.4 is 10.1 Å². The summed E-state index contributed by atoms with van der Waals surface area (Å²) in [4.78, 5) is 4.30. The number of aryl methyl sites for hydroxylation is 1. The van der Waals surface area contributed by atoms with Crippen LogP contribution in [-0.2, 0) is 6.54 Å². The minimum atomic E-state index is 0.234. The third-order valence-electron chi connectivity index (χ3n) is 3.19. The highest BCUT2D eigenvalue weighted by molar-refractivity contribution is 5.35. The third-order valence-corrected chi connectivity index (χ3v) is 3.19. The van der Waals surface area contributed by atoms with Crippen LogP contribution in [0.2, 0.25) is 0 Å². The molecule has 0 bridgehead atoms. The van der Waals surface area contributed by atoms with Gasteiger partial charge in [-0.15, -0.1) is 0 Å². The number of nitrogens with zero attached hydrogens (tertiary/aromatic N) is 1. The van der Waals surface area contributed by atoms with Gasteiger partial charge in [-0.05, 0) is 31.5 Å². The van der Waals surface area contributed by atoms with E-state index >= 15 is 0 Å². The van der Waals surface area contributed by atoms with Crippen molar-refractivity contribution in [3.05, 3.63) is 59.4 Å². The number of rotatable bonds is 5. The number of benzene rings is 1. The molecule has 1 atom stereocenters. The fraction of sp³-hybridized carbons (Fsp3) is 0.312. The average Bonchev–Trinajstić information content (AvgIpc) is 2.46. The maximum absolute atomic E-state index is 5.38. The molecule has 0 spiro atoms. The molecule has 0 radical (unpaired) electrons. The van der Waals surface area contributed by atoms with Crippen molar-refractivity contribution in [2.45, 2.75) is 26.4 Å². The van der Waals surface area contributed by atoms with Gasteiger partial charge in [0.25, 0.3) is 0 Å². The van der Waals surface area contributed by atoms with E-state index < -0.39 is 0 Å². The van der Waals surface area contributed by atoms with Gasteiger partial charge in [0.1, 0.15) is 5.75 Å². The first kappa shape index (κ1) is 13.6. The van der Waals surface area contributed by atoms with Crippen molar-refractivity contribution < 1.29 is 4.74 Å². The summed E-state index contributed by atoms with van der Waals surface area (Å²) in [6, 6.07) is 12.5. The van der Waals surface area contributed by atoms with Crippen molar-refractivity contribution in [3.8, 4) is 5.75 Å². The summed E-state index contributed by atoms with van der Waals surface area (Å²) in [5.41, 5.74) is 3.40. The Labute approximate surface area is 114 Å². The van der Waals surface area contributed by atoms with Gasteiger partial charge in [-0.2, -0.15) is 0 Å². The lowest BCUT2D eigenvalue weighted by atomic mass is 10.1. The Balaban J connectivity index is 2.01. The highest BCUT2D eigenvalue weighted by Crippen LogP contribution is 2.24. The molecule has 0 aliphatic heterocycles. The first-order valence-electron chi connectivity index (χ1n) is 6.48. The second kappa shape index (κ2) is 6.34. The van der Waals surface area contributed by atoms with E-state index in [1.54, 1.807) is 7.11 Å². The first-order valence-corrected chi connectivity index (χ1v) is 6.48. The van der Waals surface area contributed by atoms with E-state index in [0.717, 1.165) is 18.0 Å². The molecular formula is C16H20N2O. The second-order valence-corrected chi connectivity index (χ2v) is 4.65. The Morgan fingerprint density at radius 3 is 2.68 bits per heavy atom. The third kappa shape index (κ3) is 3.55. The molecule has 2 rings (SSSR count).